The van der Waals surface area contributed by atoms with Gasteiger partial charge in [0.15, 0.2) is 0 Å². The lowest BCUT2D eigenvalue weighted by molar-refractivity contribution is -0.135. The molecule has 0 radical (unpaired) electrons. The van der Waals surface area contributed by atoms with E-state index in [1.807, 2.05) is 0 Å². The second-order valence-electron chi connectivity index (χ2n) is 1.20. The molecule has 0 N–H and O–H groups in total. The maximum atomic E-state index is 9.99. The van der Waals surface area contributed by atoms with Crippen LogP contribution in [0.5, 0.6) is 0 Å². The third-order valence-electron chi connectivity index (χ3n) is 0.681. The van der Waals surface area contributed by atoms with E-state index >= 15 is 0 Å². The summed E-state index contributed by atoms with van der Waals surface area (Å²) in [5.74, 6) is -0.102. The maximum absolute atomic E-state index is 9.99. The van der Waals surface area contributed by atoms with Crippen molar-refractivity contribution in [2.24, 2.45) is 0 Å². The van der Waals surface area contributed by atoms with Gasteiger partial charge in [-0.05, 0) is 0 Å². The highest BCUT2D eigenvalue weighted by Crippen LogP contribution is 2.06. The molecule has 1 rings (SSSR count). The monoisotopic (exact) mass is 85.0 g/mol. The average Bonchev–Trinajstić information content (AvgIpc) is 1.86. The molecule has 0 bridgehead atoms. The van der Waals surface area contributed by atoms with Crippen LogP contribution in [0.25, 0.3) is 0 Å². The molecule has 0 spiro atoms. The van der Waals surface area contributed by atoms with Crippen molar-refractivity contribution in [1.29, 1.82) is 0 Å². The van der Waals surface area contributed by atoms with Crippen LogP contribution in [0.15, 0.2) is 0 Å². The van der Waals surface area contributed by atoms with E-state index < -0.39 is 0 Å². The Morgan fingerprint density at radius 2 is 2.67 bits per heavy atom. The van der Waals surface area contributed by atoms with Crippen molar-refractivity contribution >= 4 is 5.97 Å². The second kappa shape index (κ2) is 1.29. The van der Waals surface area contributed by atoms with Crippen molar-refractivity contribution in [3.63, 3.8) is 0 Å². The molecule has 0 aliphatic carbocycles. The van der Waals surface area contributed by atoms with Gasteiger partial charge in [0, 0.05) is 6.42 Å². The smallest absolute Gasteiger partial charge is 0.271 e. The molecule has 0 aromatic carbocycles. The number of rotatable bonds is 0. The van der Waals surface area contributed by atoms with Crippen LogP contribution >= 0.6 is 0 Å². The van der Waals surface area contributed by atoms with E-state index in [1.54, 1.807) is 0 Å². The molecule has 1 saturated heterocycles. The molecule has 1 fully saturated rings. The minimum Gasteiger partial charge on any atom is -0.637 e. The van der Waals surface area contributed by atoms with E-state index in [0.717, 1.165) is 6.42 Å². The Balaban J connectivity index is 2.37. The Kier molecular flexibility index (Phi) is 0.783. The lowest BCUT2D eigenvalue weighted by Crippen LogP contribution is -1.86. The first-order chi connectivity index (χ1) is 2.89. The Bertz CT molecular complexity index is 59.9. The first kappa shape index (κ1) is 3.65. The molecule has 34 valence electrons. The van der Waals surface area contributed by atoms with Crippen LogP contribution in [0.3, 0.4) is 0 Å². The van der Waals surface area contributed by atoms with Gasteiger partial charge in [-0.15, -0.1) is 6.42 Å². The minimum atomic E-state index is -0.102. The Labute approximate surface area is 36.1 Å². The average molecular weight is 85.1 g/mol. The summed E-state index contributed by atoms with van der Waals surface area (Å²) >= 11 is 0. The summed E-state index contributed by atoms with van der Waals surface area (Å²) in [4.78, 5) is 9.99. The second-order valence-corrected chi connectivity index (χ2v) is 1.20. The number of hydrogen-bond donors (Lipinski definition) is 0. The number of carbonyl (C=O) groups is 1. The summed E-state index contributed by atoms with van der Waals surface area (Å²) in [6.07, 6.45) is 1.36. The van der Waals surface area contributed by atoms with Gasteiger partial charge in [-0.1, -0.05) is 0 Å². The van der Waals surface area contributed by atoms with Gasteiger partial charge in [0.2, 0.25) is 0 Å². The molecule has 0 atom stereocenters. The normalized spacial score (nSPS) is 21.0. The number of carbonyl (C=O) groups excluding carboxylic acids is 1. The quantitative estimate of drug-likeness (QED) is 0.316. The molecule has 6 heavy (non-hydrogen) atoms. The van der Waals surface area contributed by atoms with Gasteiger partial charge in [-0.3, -0.25) is 4.79 Å². The highest BCUT2D eigenvalue weighted by molar-refractivity contribution is 5.71. The Hall–Kier alpha value is -0.530. The first-order valence-electron chi connectivity index (χ1n) is 1.91. The van der Waals surface area contributed by atoms with Crippen LogP contribution in [-0.4, -0.2) is 5.97 Å². The summed E-state index contributed by atoms with van der Waals surface area (Å²) in [6.45, 7) is 1.53. The summed E-state index contributed by atoms with van der Waals surface area (Å²) in [5, 5.41) is 0. The van der Waals surface area contributed by atoms with Gasteiger partial charge in [-0.25, -0.2) is 0 Å². The zero-order valence-electron chi connectivity index (χ0n) is 3.31. The summed E-state index contributed by atoms with van der Waals surface area (Å²) < 4.78 is 4.39. The van der Waals surface area contributed by atoms with Gasteiger partial charge in [0.25, 0.3) is 5.97 Å². The van der Waals surface area contributed by atoms with E-state index in [2.05, 4.69) is 4.74 Å². The summed E-state index contributed by atoms with van der Waals surface area (Å²) in [5.41, 5.74) is 0. The summed E-state index contributed by atoms with van der Waals surface area (Å²) in [7, 11) is 0. The van der Waals surface area contributed by atoms with Crippen molar-refractivity contribution in [3.05, 3.63) is 6.61 Å². The van der Waals surface area contributed by atoms with Gasteiger partial charge in [-0.2, -0.15) is 6.61 Å². The van der Waals surface area contributed by atoms with Crippen LogP contribution in [0.4, 0.5) is 0 Å². The third kappa shape index (κ3) is 0.506. The number of esters is 1. The lowest BCUT2D eigenvalue weighted by Gasteiger charge is -1.96. The highest BCUT2D eigenvalue weighted by Gasteiger charge is 1.98. The van der Waals surface area contributed by atoms with Crippen molar-refractivity contribution < 1.29 is 9.53 Å². The SMILES string of the molecule is O=C1CC[CH-]O1. The first-order valence-corrected chi connectivity index (χ1v) is 1.91. The molecule has 0 aromatic heterocycles. The Morgan fingerprint density at radius 1 is 1.83 bits per heavy atom. The Morgan fingerprint density at radius 3 is 2.83 bits per heavy atom. The van der Waals surface area contributed by atoms with E-state index in [0.29, 0.717) is 6.42 Å². The molecule has 0 unspecified atom stereocenters. The number of ether oxygens (including phenoxy) is 1. The van der Waals surface area contributed by atoms with E-state index in [1.165, 1.54) is 6.61 Å². The van der Waals surface area contributed by atoms with E-state index in [4.69, 9.17) is 0 Å². The summed E-state index contributed by atoms with van der Waals surface area (Å²) in [6, 6.07) is 0. The highest BCUT2D eigenvalue weighted by atomic mass is 16.5. The van der Waals surface area contributed by atoms with Crippen molar-refractivity contribution in [1.82, 2.24) is 0 Å². The molecular weight excluding hydrogens is 80.0 g/mol. The van der Waals surface area contributed by atoms with Crippen LogP contribution < -0.4 is 0 Å². The maximum Gasteiger partial charge on any atom is 0.271 e. The van der Waals surface area contributed by atoms with Crippen LogP contribution in [0.1, 0.15) is 12.8 Å². The van der Waals surface area contributed by atoms with Gasteiger partial charge in [0.1, 0.15) is 0 Å². The third-order valence-corrected chi connectivity index (χ3v) is 0.681. The van der Waals surface area contributed by atoms with Gasteiger partial charge < -0.3 is 4.74 Å². The standard InChI is InChI=1S/C4H5O2/c5-4-2-1-3-6-4/h3H,1-2H2/q-1. The topological polar surface area (TPSA) is 26.3 Å². The van der Waals surface area contributed by atoms with E-state index in [9.17, 15) is 4.79 Å². The minimum absolute atomic E-state index is 0.102. The molecule has 2 heteroatoms. The number of cyclic esters (lactones) is 1. The van der Waals surface area contributed by atoms with Crippen molar-refractivity contribution in [2.45, 2.75) is 12.8 Å². The molecule has 0 aromatic rings. The van der Waals surface area contributed by atoms with Crippen LogP contribution in [0.2, 0.25) is 0 Å². The lowest BCUT2D eigenvalue weighted by atomic mass is 10.4. The van der Waals surface area contributed by atoms with Gasteiger partial charge in [0.05, 0.1) is 0 Å². The zero-order chi connectivity index (χ0) is 4.41. The van der Waals surface area contributed by atoms with Crippen molar-refractivity contribution in [2.75, 3.05) is 0 Å². The fourth-order valence-corrected chi connectivity index (χ4v) is 0.388. The predicted octanol–water partition coefficient (Wildman–Crippen LogP) is 0.485. The zero-order valence-corrected chi connectivity index (χ0v) is 3.31. The van der Waals surface area contributed by atoms with E-state index in [-0.39, 0.29) is 5.97 Å². The molecule has 1 heterocycles. The van der Waals surface area contributed by atoms with Gasteiger partial charge >= 0.3 is 0 Å². The molecule has 0 saturated carbocycles. The molecular formula is C4H5O2-. The molecule has 1 aliphatic rings. The largest absolute Gasteiger partial charge is 0.637 e. The fraction of sp³-hybridized carbons (Fsp3) is 0.500. The fourth-order valence-electron chi connectivity index (χ4n) is 0.388. The van der Waals surface area contributed by atoms with Crippen LogP contribution in [-0.2, 0) is 9.53 Å². The van der Waals surface area contributed by atoms with Crippen molar-refractivity contribution in [3.8, 4) is 0 Å². The predicted molar refractivity (Wildman–Crippen MR) is 19.6 cm³/mol. The molecule has 0 amide bonds. The molecule has 2 nitrogen and oxygen atoms in total. The number of hydrogen-bond acceptors (Lipinski definition) is 2. The van der Waals surface area contributed by atoms with Crippen LogP contribution in [0, 0.1) is 6.61 Å². The molecule has 1 aliphatic heterocycles.